The zero-order valence-corrected chi connectivity index (χ0v) is 28.4. The predicted molar refractivity (Wildman–Crippen MR) is 173 cm³/mol. The molecule has 3 fully saturated rings. The maximum atomic E-state index is 15.1. The molecule has 50 heavy (non-hydrogen) atoms. The molecule has 3 aromatic rings. The van der Waals surface area contributed by atoms with Gasteiger partial charge < -0.3 is 9.52 Å². The van der Waals surface area contributed by atoms with Crippen LogP contribution in [0.15, 0.2) is 64.7 Å². The van der Waals surface area contributed by atoms with Crippen molar-refractivity contribution >= 4 is 52.6 Å². The number of hydrogen-bond acceptors (Lipinski definition) is 8. The van der Waals surface area contributed by atoms with E-state index < -0.39 is 75.7 Å². The molecule has 2 aliphatic carbocycles. The first kappa shape index (κ1) is 34.3. The number of allylic oxidation sites excluding steroid dienone is 2. The molecular weight excluding hydrogens is 700 g/mol. The Morgan fingerprint density at radius 3 is 2.30 bits per heavy atom. The Morgan fingerprint density at radius 2 is 1.70 bits per heavy atom. The van der Waals surface area contributed by atoms with Crippen molar-refractivity contribution in [2.75, 3.05) is 5.43 Å². The number of alkyl halides is 3. The summed E-state index contributed by atoms with van der Waals surface area (Å²) in [6.07, 6.45) is -2.17. The highest BCUT2D eigenvalue weighted by molar-refractivity contribution is 6.33. The average molecular weight is 732 g/mol. The number of hydrogen-bond donors (Lipinski definition) is 2. The standard InChI is InChI=1S/C35H31Cl2F3N4O6/c1-33(2,3)43-29(46)21-10-9-20-22(26(21)31(43)48)13-23-30(47)44(42-28-24(37)12-17(14-41-28)35(38,39)40)32(49)34(23,16-4-6-18(36)7-5-16)27(20)25-11-8-19(15-45)50-25/h4-9,11-12,14,21-23,26-27,45H,10,13,15H2,1-3H3,(H,41,42). The van der Waals surface area contributed by atoms with Gasteiger partial charge in [0.1, 0.15) is 23.5 Å². The molecule has 2 saturated heterocycles. The Kier molecular flexibility index (Phi) is 8.00. The molecule has 6 unspecified atom stereocenters. The van der Waals surface area contributed by atoms with Gasteiger partial charge in [0.15, 0.2) is 5.82 Å². The number of anilines is 1. The van der Waals surface area contributed by atoms with Crippen LogP contribution < -0.4 is 5.43 Å². The van der Waals surface area contributed by atoms with Gasteiger partial charge in [-0.2, -0.15) is 18.2 Å². The zero-order valence-electron chi connectivity index (χ0n) is 26.9. The van der Waals surface area contributed by atoms with Crippen LogP contribution in [0.4, 0.5) is 19.0 Å². The number of imide groups is 2. The molecule has 0 radical (unpaired) electrons. The molecule has 4 amide bonds. The Bertz CT molecular complexity index is 1970. The summed E-state index contributed by atoms with van der Waals surface area (Å²) in [6.45, 7) is 4.85. The minimum absolute atomic E-state index is 0.0202. The Balaban J connectivity index is 1.42. The number of rotatable bonds is 5. The Morgan fingerprint density at radius 1 is 1.00 bits per heavy atom. The number of benzene rings is 1. The van der Waals surface area contributed by atoms with E-state index >= 15 is 4.79 Å². The summed E-state index contributed by atoms with van der Waals surface area (Å²) in [4.78, 5) is 62.6. The molecule has 2 N–H and O–H groups in total. The number of amides is 4. The molecule has 1 aromatic carbocycles. The van der Waals surface area contributed by atoms with Crippen molar-refractivity contribution < 1.29 is 41.9 Å². The molecule has 4 heterocycles. The third kappa shape index (κ3) is 4.99. The van der Waals surface area contributed by atoms with Crippen molar-refractivity contribution in [3.63, 3.8) is 0 Å². The van der Waals surface area contributed by atoms with Gasteiger partial charge in [0.2, 0.25) is 11.8 Å². The van der Waals surface area contributed by atoms with Crippen molar-refractivity contribution in [1.29, 1.82) is 0 Å². The smallest absolute Gasteiger partial charge is 0.417 e. The number of nitrogens with zero attached hydrogens (tertiary/aromatic N) is 3. The number of pyridine rings is 1. The molecule has 2 aromatic heterocycles. The maximum Gasteiger partial charge on any atom is 0.417 e. The fraction of sp³-hybridized carbons (Fsp3) is 0.400. The topological polar surface area (TPSA) is 133 Å². The van der Waals surface area contributed by atoms with Gasteiger partial charge >= 0.3 is 6.18 Å². The molecule has 6 atom stereocenters. The Hall–Kier alpha value is -4.20. The third-order valence-corrected chi connectivity index (χ3v) is 10.9. The molecule has 7 rings (SSSR count). The lowest BCUT2D eigenvalue weighted by Crippen LogP contribution is -2.53. The van der Waals surface area contributed by atoms with Gasteiger partial charge in [0.25, 0.3) is 11.8 Å². The normalized spacial score (nSPS) is 28.1. The molecule has 4 aliphatic rings. The highest BCUT2D eigenvalue weighted by Crippen LogP contribution is 2.64. The van der Waals surface area contributed by atoms with E-state index in [2.05, 4.69) is 10.4 Å². The van der Waals surface area contributed by atoms with E-state index in [1.54, 1.807) is 57.2 Å². The predicted octanol–water partition coefficient (Wildman–Crippen LogP) is 6.28. The lowest BCUT2D eigenvalue weighted by atomic mass is 9.50. The highest BCUT2D eigenvalue weighted by Gasteiger charge is 2.71. The minimum atomic E-state index is -4.74. The first-order chi connectivity index (χ1) is 23.5. The van der Waals surface area contributed by atoms with Crippen LogP contribution in [-0.2, 0) is 37.4 Å². The largest absolute Gasteiger partial charge is 0.463 e. The van der Waals surface area contributed by atoms with Crippen LogP contribution in [0.3, 0.4) is 0 Å². The van der Waals surface area contributed by atoms with E-state index in [4.69, 9.17) is 27.6 Å². The van der Waals surface area contributed by atoms with Gasteiger partial charge in [-0.1, -0.05) is 47.0 Å². The quantitative estimate of drug-likeness (QED) is 0.232. The Labute approximate surface area is 294 Å². The van der Waals surface area contributed by atoms with Crippen LogP contribution >= 0.6 is 23.2 Å². The van der Waals surface area contributed by atoms with E-state index in [-0.39, 0.29) is 42.0 Å². The molecular formula is C35H31Cl2F3N4O6. The summed E-state index contributed by atoms with van der Waals surface area (Å²) < 4.78 is 46.3. The van der Waals surface area contributed by atoms with Crippen LogP contribution in [0.25, 0.3) is 0 Å². The van der Waals surface area contributed by atoms with E-state index in [0.29, 0.717) is 33.4 Å². The highest BCUT2D eigenvalue weighted by atomic mass is 35.5. The van der Waals surface area contributed by atoms with Crippen molar-refractivity contribution in [1.82, 2.24) is 14.9 Å². The van der Waals surface area contributed by atoms with Crippen LogP contribution in [0.5, 0.6) is 0 Å². The fourth-order valence-electron chi connectivity index (χ4n) is 8.39. The average Bonchev–Trinajstić information content (AvgIpc) is 3.69. The summed E-state index contributed by atoms with van der Waals surface area (Å²) >= 11 is 12.5. The molecule has 0 bridgehead atoms. The van der Waals surface area contributed by atoms with E-state index in [1.165, 1.54) is 4.90 Å². The SMILES string of the molecule is CC(C)(C)N1C(=O)C2CC=C3C(CC4C(=O)N(Nc5ncc(C(F)(F)F)cc5Cl)C(=O)C4(c4ccc(Cl)cc4)C3c3ccc(CO)o3)C2C1=O. The van der Waals surface area contributed by atoms with E-state index in [9.17, 15) is 32.7 Å². The number of furan rings is 1. The number of likely N-dealkylation sites (tertiary alicyclic amines) is 1. The van der Waals surface area contributed by atoms with Crippen LogP contribution in [0.2, 0.25) is 10.0 Å². The second-order valence-corrected chi connectivity index (χ2v) is 14.9. The number of carbonyl (C=O) groups is 4. The van der Waals surface area contributed by atoms with Gasteiger partial charge in [0.05, 0.1) is 34.3 Å². The van der Waals surface area contributed by atoms with Crippen LogP contribution in [-0.4, -0.2) is 49.2 Å². The van der Waals surface area contributed by atoms with Crippen molar-refractivity contribution in [3.05, 3.63) is 93.0 Å². The second-order valence-electron chi connectivity index (χ2n) is 14.1. The van der Waals surface area contributed by atoms with Gasteiger partial charge in [-0.05, 0) is 75.4 Å². The zero-order chi connectivity index (χ0) is 36.1. The van der Waals surface area contributed by atoms with E-state index in [1.807, 2.05) is 6.08 Å². The number of aliphatic hydroxyl groups excluding tert-OH is 1. The van der Waals surface area contributed by atoms with Crippen molar-refractivity contribution in [2.45, 2.75) is 63.3 Å². The first-order valence-corrected chi connectivity index (χ1v) is 16.7. The monoisotopic (exact) mass is 730 g/mol. The summed E-state index contributed by atoms with van der Waals surface area (Å²) in [5.41, 5.74) is -0.0632. The molecule has 2 aliphatic heterocycles. The second kappa shape index (κ2) is 11.7. The lowest BCUT2D eigenvalue weighted by Gasteiger charge is -2.49. The maximum absolute atomic E-state index is 15.1. The van der Waals surface area contributed by atoms with Crippen LogP contribution in [0.1, 0.15) is 62.2 Å². The first-order valence-electron chi connectivity index (χ1n) is 15.9. The molecule has 262 valence electrons. The molecule has 10 nitrogen and oxygen atoms in total. The van der Waals surface area contributed by atoms with Crippen LogP contribution in [0, 0.1) is 23.7 Å². The molecule has 0 spiro atoms. The van der Waals surface area contributed by atoms with Crippen molar-refractivity contribution in [2.24, 2.45) is 23.7 Å². The number of hydrazine groups is 1. The number of carbonyl (C=O) groups excluding carboxylic acids is 4. The van der Waals surface area contributed by atoms with Gasteiger partial charge in [-0.3, -0.25) is 29.5 Å². The fourth-order valence-corrected chi connectivity index (χ4v) is 8.72. The summed E-state index contributed by atoms with van der Waals surface area (Å²) in [6, 6.07) is 10.2. The number of halogens is 5. The van der Waals surface area contributed by atoms with Gasteiger partial charge in [-0.25, -0.2) is 4.98 Å². The number of aliphatic hydroxyl groups is 1. The third-order valence-electron chi connectivity index (χ3n) is 10.4. The van der Waals surface area contributed by atoms with Gasteiger partial charge in [0, 0.05) is 16.8 Å². The summed E-state index contributed by atoms with van der Waals surface area (Å²) in [5, 5.41) is 10.5. The molecule has 1 saturated carbocycles. The summed E-state index contributed by atoms with van der Waals surface area (Å²) in [7, 11) is 0. The lowest BCUT2D eigenvalue weighted by molar-refractivity contribution is -0.146. The number of fused-ring (bicyclic) bond motifs is 4. The minimum Gasteiger partial charge on any atom is -0.463 e. The summed E-state index contributed by atoms with van der Waals surface area (Å²) in [5.74, 6) is -6.48. The van der Waals surface area contributed by atoms with E-state index in [0.717, 1.165) is 0 Å². The molecule has 15 heteroatoms. The van der Waals surface area contributed by atoms with Crippen molar-refractivity contribution in [3.8, 4) is 0 Å². The number of nitrogens with one attached hydrogen (secondary N) is 1. The van der Waals surface area contributed by atoms with Gasteiger partial charge in [-0.15, -0.1) is 0 Å². The number of aromatic nitrogens is 1.